The van der Waals surface area contributed by atoms with Crippen LogP contribution in [0.5, 0.6) is 5.75 Å². The smallest absolute Gasteiger partial charge is 0.269 e. The SMILES string of the molecule is O=C(NNC(=O)C1COc2ccccc2C1)c1ccc(S(=O)(=O)N2CCCC2)cc1. The molecule has 2 aromatic carbocycles. The van der Waals surface area contributed by atoms with Crippen molar-refractivity contribution < 1.29 is 22.7 Å². The standard InChI is InChI=1S/C21H23N3O5S/c25-20(15-7-9-18(10-8-15)30(27,28)24-11-3-4-12-24)22-23-21(26)17-13-16-5-1-2-6-19(16)29-14-17/h1-2,5-10,17H,3-4,11-14H2,(H,22,25)(H,23,26). The number of carbonyl (C=O) groups is 2. The van der Waals surface area contributed by atoms with E-state index in [9.17, 15) is 18.0 Å². The lowest BCUT2D eigenvalue weighted by molar-refractivity contribution is -0.127. The summed E-state index contributed by atoms with van der Waals surface area (Å²) in [6.07, 6.45) is 2.25. The Bertz CT molecular complexity index is 1050. The zero-order valence-corrected chi connectivity index (χ0v) is 17.2. The number of sulfonamides is 1. The summed E-state index contributed by atoms with van der Waals surface area (Å²) in [7, 11) is -3.53. The van der Waals surface area contributed by atoms with Crippen molar-refractivity contribution in [2.75, 3.05) is 19.7 Å². The van der Waals surface area contributed by atoms with Gasteiger partial charge in [-0.15, -0.1) is 0 Å². The number of ether oxygens (including phenoxy) is 1. The second kappa shape index (κ2) is 8.45. The van der Waals surface area contributed by atoms with Crippen molar-refractivity contribution in [2.45, 2.75) is 24.2 Å². The third kappa shape index (κ3) is 4.17. The average molecular weight is 429 g/mol. The normalized spacial score (nSPS) is 18.9. The van der Waals surface area contributed by atoms with E-state index in [1.54, 1.807) is 0 Å². The topological polar surface area (TPSA) is 105 Å². The number of hydrogen-bond acceptors (Lipinski definition) is 5. The molecule has 4 rings (SSSR count). The molecule has 0 bridgehead atoms. The Morgan fingerprint density at radius 1 is 0.967 bits per heavy atom. The van der Waals surface area contributed by atoms with Gasteiger partial charge in [0.2, 0.25) is 15.9 Å². The summed E-state index contributed by atoms with van der Waals surface area (Å²) in [5.74, 6) is -0.501. The lowest BCUT2D eigenvalue weighted by atomic mass is 9.96. The monoisotopic (exact) mass is 429 g/mol. The molecule has 1 atom stereocenters. The van der Waals surface area contributed by atoms with Crippen LogP contribution >= 0.6 is 0 Å². The molecule has 0 aliphatic carbocycles. The van der Waals surface area contributed by atoms with Gasteiger partial charge < -0.3 is 4.74 Å². The highest BCUT2D eigenvalue weighted by atomic mass is 32.2. The van der Waals surface area contributed by atoms with E-state index in [2.05, 4.69) is 10.9 Å². The Balaban J connectivity index is 1.33. The molecule has 0 spiro atoms. The van der Waals surface area contributed by atoms with Gasteiger partial charge in [-0.1, -0.05) is 18.2 Å². The molecule has 8 nitrogen and oxygen atoms in total. The second-order valence-electron chi connectivity index (χ2n) is 7.40. The van der Waals surface area contributed by atoms with E-state index in [1.165, 1.54) is 28.6 Å². The van der Waals surface area contributed by atoms with Gasteiger partial charge in [0.1, 0.15) is 12.4 Å². The predicted molar refractivity (Wildman–Crippen MR) is 109 cm³/mol. The minimum absolute atomic E-state index is 0.156. The highest BCUT2D eigenvalue weighted by Crippen LogP contribution is 2.26. The van der Waals surface area contributed by atoms with Gasteiger partial charge in [-0.2, -0.15) is 4.31 Å². The molecule has 2 heterocycles. The zero-order chi connectivity index (χ0) is 21.1. The Morgan fingerprint density at radius 2 is 1.67 bits per heavy atom. The van der Waals surface area contributed by atoms with Crippen LogP contribution in [0.15, 0.2) is 53.4 Å². The fourth-order valence-electron chi connectivity index (χ4n) is 3.64. The minimum atomic E-state index is -3.53. The molecule has 0 saturated carbocycles. The van der Waals surface area contributed by atoms with Crippen molar-refractivity contribution in [1.82, 2.24) is 15.2 Å². The van der Waals surface area contributed by atoms with E-state index in [1.807, 2.05) is 24.3 Å². The van der Waals surface area contributed by atoms with Gasteiger partial charge in [-0.3, -0.25) is 20.4 Å². The predicted octanol–water partition coefficient (Wildman–Crippen LogP) is 1.48. The molecule has 9 heteroatoms. The molecular formula is C21H23N3O5S. The van der Waals surface area contributed by atoms with Crippen molar-refractivity contribution in [1.29, 1.82) is 0 Å². The van der Waals surface area contributed by atoms with E-state index in [4.69, 9.17) is 4.74 Å². The van der Waals surface area contributed by atoms with Crippen molar-refractivity contribution >= 4 is 21.8 Å². The van der Waals surface area contributed by atoms with Gasteiger partial charge in [-0.25, -0.2) is 8.42 Å². The van der Waals surface area contributed by atoms with Gasteiger partial charge in [-0.05, 0) is 55.2 Å². The molecule has 1 fully saturated rings. The Labute approximate surface area is 175 Å². The number of hydrazine groups is 1. The molecule has 0 aromatic heterocycles. The number of hydrogen-bond donors (Lipinski definition) is 2. The molecule has 2 aromatic rings. The summed E-state index contributed by atoms with van der Waals surface area (Å²) < 4.78 is 32.2. The minimum Gasteiger partial charge on any atom is -0.492 e. The maximum Gasteiger partial charge on any atom is 0.269 e. The van der Waals surface area contributed by atoms with Crippen molar-refractivity contribution in [3.63, 3.8) is 0 Å². The Morgan fingerprint density at radius 3 is 2.40 bits per heavy atom. The third-order valence-electron chi connectivity index (χ3n) is 5.37. The van der Waals surface area contributed by atoms with Crippen LogP contribution in [0.1, 0.15) is 28.8 Å². The lowest BCUT2D eigenvalue weighted by Crippen LogP contribution is -2.47. The summed E-state index contributed by atoms with van der Waals surface area (Å²) in [4.78, 5) is 24.9. The number of amides is 2. The molecule has 30 heavy (non-hydrogen) atoms. The third-order valence-corrected chi connectivity index (χ3v) is 7.28. The Kier molecular flexibility index (Phi) is 5.74. The fourth-order valence-corrected chi connectivity index (χ4v) is 5.16. The maximum atomic E-state index is 12.5. The molecule has 2 amide bonds. The van der Waals surface area contributed by atoms with Crippen LogP contribution in [0.3, 0.4) is 0 Å². The molecule has 2 aliphatic rings. The molecule has 0 radical (unpaired) electrons. The summed E-state index contributed by atoms with van der Waals surface area (Å²) in [5.41, 5.74) is 6.01. The van der Waals surface area contributed by atoms with Crippen LogP contribution in [0.4, 0.5) is 0 Å². The van der Waals surface area contributed by atoms with Crippen LogP contribution in [-0.4, -0.2) is 44.2 Å². The number of nitrogens with one attached hydrogen (secondary N) is 2. The molecule has 1 unspecified atom stereocenters. The van der Waals surface area contributed by atoms with Gasteiger partial charge in [0.05, 0.1) is 10.8 Å². The summed E-state index contributed by atoms with van der Waals surface area (Å²) in [6, 6.07) is 13.2. The largest absolute Gasteiger partial charge is 0.492 e. The molecule has 158 valence electrons. The summed E-state index contributed by atoms with van der Waals surface area (Å²) in [6.45, 7) is 1.28. The maximum absolute atomic E-state index is 12.5. The lowest BCUT2D eigenvalue weighted by Gasteiger charge is -2.24. The second-order valence-corrected chi connectivity index (χ2v) is 9.34. The van der Waals surface area contributed by atoms with E-state index in [0.29, 0.717) is 19.5 Å². The number of fused-ring (bicyclic) bond motifs is 1. The quantitative estimate of drug-likeness (QED) is 0.717. The Hall–Kier alpha value is -2.91. The number of para-hydroxylation sites is 1. The van der Waals surface area contributed by atoms with Crippen molar-refractivity contribution in [3.05, 3.63) is 59.7 Å². The van der Waals surface area contributed by atoms with Crippen LogP contribution in [0, 0.1) is 5.92 Å². The van der Waals surface area contributed by atoms with E-state index < -0.39 is 21.8 Å². The van der Waals surface area contributed by atoms with Gasteiger partial charge in [0.15, 0.2) is 0 Å². The first kappa shape index (κ1) is 20.4. The number of rotatable bonds is 4. The van der Waals surface area contributed by atoms with Gasteiger partial charge in [0.25, 0.3) is 5.91 Å². The molecule has 1 saturated heterocycles. The molecular weight excluding hydrogens is 406 g/mol. The average Bonchev–Trinajstić information content (AvgIpc) is 3.33. The molecule has 2 aliphatic heterocycles. The van der Waals surface area contributed by atoms with Crippen molar-refractivity contribution in [2.24, 2.45) is 5.92 Å². The number of carbonyl (C=O) groups excluding carboxylic acids is 2. The first-order valence-corrected chi connectivity index (χ1v) is 11.3. The first-order chi connectivity index (χ1) is 14.4. The summed E-state index contributed by atoms with van der Waals surface area (Å²) in [5, 5.41) is 0. The number of nitrogens with zero attached hydrogens (tertiary/aromatic N) is 1. The van der Waals surface area contributed by atoms with E-state index in [0.717, 1.165) is 24.2 Å². The first-order valence-electron chi connectivity index (χ1n) is 9.86. The highest BCUT2D eigenvalue weighted by Gasteiger charge is 2.28. The molecule has 2 N–H and O–H groups in total. The van der Waals surface area contributed by atoms with Crippen molar-refractivity contribution in [3.8, 4) is 5.75 Å². The van der Waals surface area contributed by atoms with Crippen LogP contribution < -0.4 is 15.6 Å². The van der Waals surface area contributed by atoms with Crippen LogP contribution in [-0.2, 0) is 21.2 Å². The van der Waals surface area contributed by atoms with E-state index >= 15 is 0 Å². The highest BCUT2D eigenvalue weighted by molar-refractivity contribution is 7.89. The van der Waals surface area contributed by atoms with Gasteiger partial charge >= 0.3 is 0 Å². The van der Waals surface area contributed by atoms with Crippen LogP contribution in [0.2, 0.25) is 0 Å². The fraction of sp³-hybridized carbons (Fsp3) is 0.333. The summed E-state index contributed by atoms with van der Waals surface area (Å²) >= 11 is 0. The van der Waals surface area contributed by atoms with E-state index in [-0.39, 0.29) is 23.0 Å². The van der Waals surface area contributed by atoms with Gasteiger partial charge in [0, 0.05) is 18.7 Å². The zero-order valence-electron chi connectivity index (χ0n) is 16.3. The number of benzene rings is 2. The van der Waals surface area contributed by atoms with Crippen LogP contribution in [0.25, 0.3) is 0 Å².